The zero-order valence-corrected chi connectivity index (χ0v) is 15.8. The molecule has 1 atom stereocenters. The maximum atomic E-state index is 11.3. The molecular weight excluding hydrogens is 342 g/mol. The quantitative estimate of drug-likeness (QED) is 0.906. The van der Waals surface area contributed by atoms with Crippen LogP contribution in [0.5, 0.6) is 11.5 Å². The number of anilines is 1. The Morgan fingerprint density at radius 2 is 1.93 bits per heavy atom. The molecule has 0 radical (unpaired) electrons. The minimum atomic E-state index is -0.0846. The van der Waals surface area contributed by atoms with E-state index in [9.17, 15) is 4.79 Å². The van der Waals surface area contributed by atoms with Gasteiger partial charge in [-0.1, -0.05) is 12.1 Å². The van der Waals surface area contributed by atoms with Crippen LogP contribution in [0.4, 0.5) is 5.69 Å². The van der Waals surface area contributed by atoms with Gasteiger partial charge in [-0.05, 0) is 50.1 Å². The third-order valence-electron chi connectivity index (χ3n) is 4.91. The number of carbonyl (C=O) groups is 1. The van der Waals surface area contributed by atoms with Gasteiger partial charge in [-0.2, -0.15) is 5.10 Å². The highest BCUT2D eigenvalue weighted by Gasteiger charge is 2.26. The molecule has 6 heteroatoms. The van der Waals surface area contributed by atoms with Gasteiger partial charge in [0.2, 0.25) is 12.7 Å². The molecule has 0 saturated carbocycles. The van der Waals surface area contributed by atoms with Crippen LogP contribution in [0.25, 0.3) is 0 Å². The summed E-state index contributed by atoms with van der Waals surface area (Å²) < 4.78 is 11.2. The lowest BCUT2D eigenvalue weighted by atomic mass is 9.94. The van der Waals surface area contributed by atoms with Crippen molar-refractivity contribution in [2.75, 3.05) is 18.7 Å². The molecule has 0 bridgehead atoms. The molecule has 6 nitrogen and oxygen atoms in total. The maximum Gasteiger partial charge on any atom is 0.231 e. The molecule has 2 aliphatic rings. The fraction of sp³-hybridized carbons (Fsp3) is 0.333. The molecule has 140 valence electrons. The number of likely N-dealkylation sites (N-methyl/N-ethyl adjacent to an activating group) is 1. The largest absolute Gasteiger partial charge is 0.454 e. The average Bonchev–Trinajstić information content (AvgIpc) is 3.04. The molecule has 1 unspecified atom stereocenters. The van der Waals surface area contributed by atoms with Crippen molar-refractivity contribution < 1.29 is 14.3 Å². The summed E-state index contributed by atoms with van der Waals surface area (Å²) in [4.78, 5) is 11.3. The lowest BCUT2D eigenvalue weighted by Crippen LogP contribution is -2.29. The topological polar surface area (TPSA) is 63.2 Å². The van der Waals surface area contributed by atoms with Crippen molar-refractivity contribution in [3.05, 3.63) is 53.1 Å². The van der Waals surface area contributed by atoms with Gasteiger partial charge in [0.25, 0.3) is 0 Å². The lowest BCUT2D eigenvalue weighted by molar-refractivity contribution is -0.114. The van der Waals surface area contributed by atoms with Crippen molar-refractivity contribution in [3.63, 3.8) is 0 Å². The molecule has 4 rings (SSSR count). The van der Waals surface area contributed by atoms with Gasteiger partial charge in [-0.15, -0.1) is 0 Å². The fourth-order valence-corrected chi connectivity index (χ4v) is 3.59. The van der Waals surface area contributed by atoms with E-state index in [0.29, 0.717) is 0 Å². The van der Waals surface area contributed by atoms with Crippen LogP contribution in [0.1, 0.15) is 37.5 Å². The maximum absolute atomic E-state index is 11.3. The Labute approximate surface area is 158 Å². The van der Waals surface area contributed by atoms with Gasteiger partial charge in [0.05, 0.1) is 5.71 Å². The van der Waals surface area contributed by atoms with Crippen molar-refractivity contribution in [3.8, 4) is 11.5 Å². The van der Waals surface area contributed by atoms with Gasteiger partial charge in [0.15, 0.2) is 11.5 Å². The second-order valence-corrected chi connectivity index (χ2v) is 6.88. The molecule has 1 amide bonds. The van der Waals surface area contributed by atoms with E-state index in [4.69, 9.17) is 14.6 Å². The number of nitrogens with one attached hydrogen (secondary N) is 1. The second-order valence-electron chi connectivity index (χ2n) is 6.88. The first-order valence-electron chi connectivity index (χ1n) is 9.21. The normalized spacial score (nSPS) is 17.8. The highest BCUT2D eigenvalue weighted by molar-refractivity contribution is 6.14. The summed E-state index contributed by atoms with van der Waals surface area (Å²) in [7, 11) is 0. The van der Waals surface area contributed by atoms with Crippen molar-refractivity contribution in [2.24, 2.45) is 5.10 Å². The number of ether oxygens (including phenoxy) is 2. The molecule has 2 aliphatic heterocycles. The fourth-order valence-electron chi connectivity index (χ4n) is 3.59. The Morgan fingerprint density at radius 1 is 1.22 bits per heavy atom. The van der Waals surface area contributed by atoms with Crippen LogP contribution in [0.2, 0.25) is 0 Å². The molecule has 0 fully saturated rings. The number of hydrazone groups is 1. The summed E-state index contributed by atoms with van der Waals surface area (Å²) in [5.74, 6) is 1.47. The Balaban J connectivity index is 1.80. The van der Waals surface area contributed by atoms with Gasteiger partial charge >= 0.3 is 0 Å². The van der Waals surface area contributed by atoms with Gasteiger partial charge in [0, 0.05) is 36.3 Å². The Kier molecular flexibility index (Phi) is 4.48. The number of fused-ring (bicyclic) bond motifs is 2. The smallest absolute Gasteiger partial charge is 0.231 e. The third kappa shape index (κ3) is 3.35. The van der Waals surface area contributed by atoms with E-state index in [2.05, 4.69) is 30.2 Å². The predicted octanol–water partition coefficient (Wildman–Crippen LogP) is 3.39. The summed E-state index contributed by atoms with van der Waals surface area (Å²) in [6, 6.07) is 12.2. The zero-order valence-electron chi connectivity index (χ0n) is 15.8. The Bertz CT molecular complexity index is 906. The first kappa shape index (κ1) is 17.4. The van der Waals surface area contributed by atoms with Crippen LogP contribution >= 0.6 is 0 Å². The molecule has 0 saturated heterocycles. The molecule has 0 spiro atoms. The first-order chi connectivity index (χ1) is 13.0. The number of nitrogens with zero attached hydrogens (tertiary/aromatic N) is 2. The molecular formula is C21H23N3O3. The summed E-state index contributed by atoms with van der Waals surface area (Å²) in [5, 5.41) is 9.89. The number of carbonyl (C=O) groups excluding carboxylic acids is 1. The van der Waals surface area contributed by atoms with Crippen LogP contribution in [-0.2, 0) is 11.2 Å². The molecule has 0 aromatic heterocycles. The van der Waals surface area contributed by atoms with Crippen molar-refractivity contribution in [1.29, 1.82) is 0 Å². The molecule has 2 aromatic rings. The van der Waals surface area contributed by atoms with Gasteiger partial charge in [-0.3, -0.25) is 9.80 Å². The van der Waals surface area contributed by atoms with Crippen LogP contribution in [0, 0.1) is 0 Å². The monoisotopic (exact) mass is 365 g/mol. The molecule has 0 aliphatic carbocycles. The molecule has 2 heterocycles. The second kappa shape index (κ2) is 6.95. The number of rotatable bonds is 3. The van der Waals surface area contributed by atoms with Gasteiger partial charge in [-0.25, -0.2) is 0 Å². The number of hydrogen-bond donors (Lipinski definition) is 1. The van der Waals surface area contributed by atoms with Crippen molar-refractivity contribution in [1.82, 2.24) is 5.01 Å². The number of hydrogen-bond acceptors (Lipinski definition) is 5. The highest BCUT2D eigenvalue weighted by Crippen LogP contribution is 2.37. The van der Waals surface area contributed by atoms with E-state index in [-0.39, 0.29) is 18.7 Å². The van der Waals surface area contributed by atoms with Crippen LogP contribution in [-0.4, -0.2) is 36.0 Å². The van der Waals surface area contributed by atoms with Crippen molar-refractivity contribution >= 4 is 17.3 Å². The van der Waals surface area contributed by atoms with Crippen LogP contribution in [0.15, 0.2) is 41.5 Å². The highest BCUT2D eigenvalue weighted by atomic mass is 16.7. The van der Waals surface area contributed by atoms with Crippen molar-refractivity contribution in [2.45, 2.75) is 33.2 Å². The van der Waals surface area contributed by atoms with Crippen LogP contribution in [0.3, 0.4) is 0 Å². The lowest BCUT2D eigenvalue weighted by Gasteiger charge is -2.23. The average molecular weight is 365 g/mol. The van der Waals surface area contributed by atoms with E-state index in [1.165, 1.54) is 12.5 Å². The van der Waals surface area contributed by atoms with E-state index >= 15 is 0 Å². The SMILES string of the molecule is CCN1N=C(c2ccc(NC(C)=O)cc2)c2cc3c(cc2CC1C)OCO3. The molecule has 27 heavy (non-hydrogen) atoms. The van der Waals surface area contributed by atoms with Gasteiger partial charge in [0.1, 0.15) is 0 Å². The van der Waals surface area contributed by atoms with E-state index in [0.717, 1.165) is 47.0 Å². The van der Waals surface area contributed by atoms with E-state index in [1.807, 2.05) is 30.3 Å². The summed E-state index contributed by atoms with van der Waals surface area (Å²) >= 11 is 0. The summed E-state index contributed by atoms with van der Waals surface area (Å²) in [6.45, 7) is 6.88. The van der Waals surface area contributed by atoms with Gasteiger partial charge < -0.3 is 14.8 Å². The van der Waals surface area contributed by atoms with Crippen LogP contribution < -0.4 is 14.8 Å². The van der Waals surface area contributed by atoms with E-state index < -0.39 is 0 Å². The molecule has 1 N–H and O–H groups in total. The predicted molar refractivity (Wildman–Crippen MR) is 104 cm³/mol. The molecule has 2 aromatic carbocycles. The number of amides is 1. The minimum Gasteiger partial charge on any atom is -0.454 e. The summed E-state index contributed by atoms with van der Waals surface area (Å²) in [6.07, 6.45) is 0.886. The minimum absolute atomic E-state index is 0.0846. The standard InChI is InChI=1S/C21H23N3O3/c1-4-24-13(2)9-16-10-19-20(27-12-26-19)11-18(16)21(23-24)15-5-7-17(8-6-15)22-14(3)25/h5-8,10-11,13H,4,9,12H2,1-3H3,(H,22,25). The zero-order chi connectivity index (χ0) is 19.0. The van der Waals surface area contributed by atoms with E-state index in [1.54, 1.807) is 0 Å². The third-order valence-corrected chi connectivity index (χ3v) is 4.91. The summed E-state index contributed by atoms with van der Waals surface area (Å²) in [5.41, 5.74) is 4.94. The number of benzene rings is 2. The Morgan fingerprint density at radius 3 is 2.59 bits per heavy atom. The first-order valence-corrected chi connectivity index (χ1v) is 9.21. The Hall–Kier alpha value is -3.02.